The lowest BCUT2D eigenvalue weighted by atomic mass is 9.75. The van der Waals surface area contributed by atoms with Crippen molar-refractivity contribution in [3.63, 3.8) is 0 Å². The highest BCUT2D eigenvalue weighted by Crippen LogP contribution is 2.39. The lowest BCUT2D eigenvalue weighted by Crippen LogP contribution is -2.20. The van der Waals surface area contributed by atoms with Gasteiger partial charge in [0.2, 0.25) is 0 Å². The Labute approximate surface area is 268 Å². The fourth-order valence-corrected chi connectivity index (χ4v) is 9.78. The fourth-order valence-electron chi connectivity index (χ4n) is 9.78. The Balaban J connectivity index is 0.884. The van der Waals surface area contributed by atoms with E-state index in [-0.39, 0.29) is 0 Å². The normalized spacial score (nSPS) is 33.9. The van der Waals surface area contributed by atoms with Crippen molar-refractivity contribution in [3.05, 3.63) is 0 Å². The van der Waals surface area contributed by atoms with Crippen molar-refractivity contribution in [3.8, 4) is 0 Å². The number of unbranched alkanes of at least 4 members (excludes halogenated alkanes) is 2. The van der Waals surface area contributed by atoms with E-state index in [1.807, 2.05) is 14.2 Å². The number of ether oxygens (including phenoxy) is 3. The van der Waals surface area contributed by atoms with E-state index in [1.165, 1.54) is 167 Å². The summed E-state index contributed by atoms with van der Waals surface area (Å²) < 4.78 is 16.8. The molecule has 43 heavy (non-hydrogen) atoms. The minimum absolute atomic E-state index is 0.846. The summed E-state index contributed by atoms with van der Waals surface area (Å²) in [6.45, 7) is 3.98. The largest absolute Gasteiger partial charge is 0.384 e. The maximum atomic E-state index is 6.05. The summed E-state index contributed by atoms with van der Waals surface area (Å²) in [5.74, 6) is 7.82. The van der Waals surface area contributed by atoms with Crippen LogP contribution in [-0.2, 0) is 14.2 Å². The Hall–Kier alpha value is -0.120. The molecule has 3 nitrogen and oxygen atoms in total. The summed E-state index contributed by atoms with van der Waals surface area (Å²) in [4.78, 5) is 0. The van der Waals surface area contributed by atoms with E-state index in [9.17, 15) is 0 Å². The third-order valence-corrected chi connectivity index (χ3v) is 12.9. The molecule has 0 saturated heterocycles. The van der Waals surface area contributed by atoms with Crippen LogP contribution in [0.15, 0.2) is 0 Å². The first kappa shape index (κ1) is 35.7. The van der Waals surface area contributed by atoms with Crippen molar-refractivity contribution >= 4 is 0 Å². The number of rotatable bonds is 20. The molecule has 0 N–H and O–H groups in total. The van der Waals surface area contributed by atoms with E-state index in [0.717, 1.165) is 73.8 Å². The number of hydrogen-bond donors (Lipinski definition) is 0. The van der Waals surface area contributed by atoms with E-state index in [0.29, 0.717) is 0 Å². The van der Waals surface area contributed by atoms with Gasteiger partial charge in [0, 0.05) is 40.6 Å². The Morgan fingerprint density at radius 1 is 0.326 bits per heavy atom. The molecular weight excluding hydrogens is 528 g/mol. The molecule has 0 bridgehead atoms. The van der Waals surface area contributed by atoms with Crippen LogP contribution in [0.1, 0.15) is 167 Å². The zero-order chi connectivity index (χ0) is 30.0. The van der Waals surface area contributed by atoms with Gasteiger partial charge in [-0.3, -0.25) is 0 Å². The van der Waals surface area contributed by atoms with Gasteiger partial charge in [0.1, 0.15) is 0 Å². The maximum Gasteiger partial charge on any atom is 0.0490 e. The zero-order valence-electron chi connectivity index (χ0n) is 29.1. The minimum Gasteiger partial charge on any atom is -0.384 e. The van der Waals surface area contributed by atoms with Crippen LogP contribution in [0.25, 0.3) is 0 Å². The first-order chi connectivity index (χ1) is 21.2. The van der Waals surface area contributed by atoms with Gasteiger partial charge in [-0.05, 0) is 85.9 Å². The molecule has 0 amide bonds. The van der Waals surface area contributed by atoms with Gasteiger partial charge in [0.15, 0.2) is 0 Å². The van der Waals surface area contributed by atoms with Crippen molar-refractivity contribution in [2.24, 2.45) is 47.3 Å². The molecule has 0 aromatic carbocycles. The third kappa shape index (κ3) is 14.5. The van der Waals surface area contributed by atoms with E-state index < -0.39 is 0 Å². The molecule has 0 heterocycles. The summed E-state index contributed by atoms with van der Waals surface area (Å²) in [7, 11) is 3.72. The summed E-state index contributed by atoms with van der Waals surface area (Å²) in [5, 5.41) is 0. The molecule has 0 spiro atoms. The summed E-state index contributed by atoms with van der Waals surface area (Å²) in [6.07, 6.45) is 37.8. The second-order valence-electron chi connectivity index (χ2n) is 16.2. The Morgan fingerprint density at radius 2 is 0.581 bits per heavy atom. The third-order valence-electron chi connectivity index (χ3n) is 12.9. The Bertz CT molecular complexity index is 593. The lowest BCUT2D eigenvalue weighted by Gasteiger charge is -2.32. The first-order valence-corrected chi connectivity index (χ1v) is 19.8. The Kier molecular flexibility index (Phi) is 18.0. The molecule has 0 radical (unpaired) electrons. The van der Waals surface area contributed by atoms with Crippen LogP contribution in [0.5, 0.6) is 0 Å². The molecule has 0 aliphatic heterocycles. The number of methoxy groups -OCH3 is 2. The van der Waals surface area contributed by atoms with Crippen LogP contribution in [0.4, 0.5) is 0 Å². The van der Waals surface area contributed by atoms with Gasteiger partial charge < -0.3 is 14.2 Å². The minimum atomic E-state index is 0.846. The van der Waals surface area contributed by atoms with Crippen LogP contribution in [0.3, 0.4) is 0 Å². The maximum absolute atomic E-state index is 6.05. The van der Waals surface area contributed by atoms with E-state index in [2.05, 4.69) is 0 Å². The molecule has 0 unspecified atom stereocenters. The monoisotopic (exact) mass is 603 g/mol. The van der Waals surface area contributed by atoms with Gasteiger partial charge in [0.05, 0.1) is 0 Å². The van der Waals surface area contributed by atoms with E-state index >= 15 is 0 Å². The van der Waals surface area contributed by atoms with Gasteiger partial charge in [-0.2, -0.15) is 0 Å². The van der Waals surface area contributed by atoms with Gasteiger partial charge in [0.25, 0.3) is 0 Å². The molecule has 0 aromatic heterocycles. The Morgan fingerprint density at radius 3 is 0.860 bits per heavy atom. The van der Waals surface area contributed by atoms with Gasteiger partial charge >= 0.3 is 0 Å². The second kappa shape index (κ2) is 21.6. The van der Waals surface area contributed by atoms with Gasteiger partial charge in [-0.1, -0.05) is 128 Å². The summed E-state index contributed by atoms with van der Waals surface area (Å²) >= 11 is 0. The predicted molar refractivity (Wildman–Crippen MR) is 183 cm³/mol. The van der Waals surface area contributed by atoms with Crippen molar-refractivity contribution in [2.45, 2.75) is 167 Å². The fraction of sp³-hybridized carbons (Fsp3) is 1.00. The molecule has 0 aromatic rings. The van der Waals surface area contributed by atoms with Crippen molar-refractivity contribution in [2.75, 3.05) is 40.6 Å². The van der Waals surface area contributed by atoms with Crippen LogP contribution < -0.4 is 0 Å². The van der Waals surface area contributed by atoms with Crippen LogP contribution in [0.2, 0.25) is 0 Å². The smallest absolute Gasteiger partial charge is 0.0490 e. The van der Waals surface area contributed by atoms with Crippen molar-refractivity contribution in [1.29, 1.82) is 0 Å². The van der Waals surface area contributed by atoms with Gasteiger partial charge in [-0.25, -0.2) is 0 Å². The van der Waals surface area contributed by atoms with Crippen LogP contribution >= 0.6 is 0 Å². The highest BCUT2D eigenvalue weighted by Gasteiger charge is 2.26. The summed E-state index contributed by atoms with van der Waals surface area (Å²) in [6, 6.07) is 0. The van der Waals surface area contributed by atoms with Crippen molar-refractivity contribution < 1.29 is 14.2 Å². The highest BCUT2D eigenvalue weighted by atomic mass is 16.5. The molecule has 4 rings (SSSR count). The molecular formula is C40H74O3. The molecule has 4 fully saturated rings. The summed E-state index contributed by atoms with van der Waals surface area (Å²) in [5.41, 5.74) is 0. The lowest BCUT2D eigenvalue weighted by molar-refractivity contribution is 0.114. The molecule has 4 aliphatic rings. The predicted octanol–water partition coefficient (Wildman–Crippen LogP) is 11.4. The second-order valence-corrected chi connectivity index (χ2v) is 16.2. The van der Waals surface area contributed by atoms with E-state index in [1.54, 1.807) is 0 Å². The topological polar surface area (TPSA) is 27.7 Å². The van der Waals surface area contributed by atoms with Crippen molar-refractivity contribution in [1.82, 2.24) is 0 Å². The quantitative estimate of drug-likeness (QED) is 0.130. The van der Waals surface area contributed by atoms with E-state index in [4.69, 9.17) is 14.2 Å². The highest BCUT2D eigenvalue weighted by molar-refractivity contribution is 4.78. The molecule has 252 valence electrons. The van der Waals surface area contributed by atoms with Crippen LogP contribution in [0, 0.1) is 47.3 Å². The zero-order valence-corrected chi connectivity index (χ0v) is 29.1. The molecule has 4 saturated carbocycles. The standard InChI is InChI=1S/C40H74O3/c1-41-31-39-25-21-37(22-26-39)19-17-35-13-9-33(10-14-35)7-3-5-29-43-30-6-4-8-34-11-15-36(16-12-34)18-20-38-23-27-40(28-24-38)32-42-2/h33-40H,3-32H2,1-2H3. The molecule has 3 heteroatoms. The average molecular weight is 603 g/mol. The average Bonchev–Trinajstić information content (AvgIpc) is 3.05. The first-order valence-electron chi connectivity index (χ1n) is 19.8. The van der Waals surface area contributed by atoms with Crippen LogP contribution in [-0.4, -0.2) is 40.6 Å². The molecule has 0 atom stereocenters. The SMILES string of the molecule is COCC1CCC(CCC2CCC(CCCCOCCCCC3CCC(CCC4CCC(COC)CC4)CC3)CC2)CC1. The van der Waals surface area contributed by atoms with Gasteiger partial charge in [-0.15, -0.1) is 0 Å². The number of hydrogen-bond acceptors (Lipinski definition) is 3. The molecule has 4 aliphatic carbocycles.